The number of amides is 1. The summed E-state index contributed by atoms with van der Waals surface area (Å²) in [4.78, 5) is 34.7. The Morgan fingerprint density at radius 2 is 2.10 bits per heavy atom. The first-order chi connectivity index (χ1) is 14.6. The van der Waals surface area contributed by atoms with Crippen LogP contribution in [0.5, 0.6) is 0 Å². The molecule has 2 aliphatic rings. The number of benzene rings is 1. The van der Waals surface area contributed by atoms with Crippen molar-refractivity contribution in [2.24, 2.45) is 4.99 Å². The molecule has 0 atom stereocenters. The highest BCUT2D eigenvalue weighted by Crippen LogP contribution is 2.41. The monoisotopic (exact) mass is 435 g/mol. The van der Waals surface area contributed by atoms with Crippen LogP contribution in [0.4, 0.5) is 5.00 Å². The second kappa shape index (κ2) is 7.70. The third-order valence-electron chi connectivity index (χ3n) is 5.15. The lowest BCUT2D eigenvalue weighted by atomic mass is 9.95. The molecular weight excluding hydrogens is 418 g/mol. The smallest absolute Gasteiger partial charge is 0.339 e. The van der Waals surface area contributed by atoms with Gasteiger partial charge in [-0.3, -0.25) is 9.78 Å². The summed E-state index contributed by atoms with van der Waals surface area (Å²) in [5.41, 5.74) is 2.99. The number of nitrogens with zero attached hydrogens (tertiary/aromatic N) is 2. The van der Waals surface area contributed by atoms with Crippen molar-refractivity contribution in [2.75, 3.05) is 0 Å². The van der Waals surface area contributed by atoms with Gasteiger partial charge in [0.15, 0.2) is 5.17 Å². The molecule has 0 saturated carbocycles. The molecule has 1 saturated heterocycles. The molecule has 1 fully saturated rings. The number of thioether (sulfide) groups is 1. The Hall–Kier alpha value is -2.97. The molecule has 1 aromatic carbocycles. The van der Waals surface area contributed by atoms with E-state index in [0.29, 0.717) is 15.1 Å². The molecule has 0 bridgehead atoms. The Bertz CT molecular complexity index is 1260. The summed E-state index contributed by atoms with van der Waals surface area (Å²) in [5.74, 6) is -1.19. The number of aliphatic imine (C=N–C) groups is 1. The van der Waals surface area contributed by atoms with E-state index in [1.54, 1.807) is 6.20 Å². The van der Waals surface area contributed by atoms with Crippen molar-refractivity contribution in [3.05, 3.63) is 63.0 Å². The average molecular weight is 436 g/mol. The number of rotatable bonds is 3. The predicted octanol–water partition coefficient (Wildman–Crippen LogP) is 4.76. The zero-order chi connectivity index (χ0) is 20.7. The molecule has 5 rings (SSSR count). The Morgan fingerprint density at radius 3 is 2.97 bits per heavy atom. The minimum absolute atomic E-state index is 0.233. The van der Waals surface area contributed by atoms with Gasteiger partial charge in [0.25, 0.3) is 5.91 Å². The van der Waals surface area contributed by atoms with Crippen LogP contribution >= 0.6 is 23.1 Å². The summed E-state index contributed by atoms with van der Waals surface area (Å²) < 4.78 is 0. The number of aromatic nitrogens is 1. The summed E-state index contributed by atoms with van der Waals surface area (Å²) in [6.45, 7) is 0. The second-order valence-corrected chi connectivity index (χ2v) is 9.25. The summed E-state index contributed by atoms with van der Waals surface area (Å²) in [6, 6.07) is 9.67. The number of carboxylic acid groups (broad SMARTS) is 1. The van der Waals surface area contributed by atoms with Crippen LogP contribution in [-0.2, 0) is 17.6 Å². The Kier molecular flexibility index (Phi) is 4.88. The maximum atomic E-state index is 12.4. The molecule has 0 radical (unpaired) electrons. The van der Waals surface area contributed by atoms with Gasteiger partial charge in [0.05, 0.1) is 16.0 Å². The molecule has 30 heavy (non-hydrogen) atoms. The number of carbonyl (C=O) groups excluding carboxylic acids is 1. The quantitative estimate of drug-likeness (QED) is 0.579. The fourth-order valence-corrected chi connectivity index (χ4v) is 5.90. The van der Waals surface area contributed by atoms with Gasteiger partial charge in [-0.15, -0.1) is 11.3 Å². The number of aromatic carboxylic acids is 1. The number of nitrogens with one attached hydrogen (secondary N) is 1. The molecule has 0 spiro atoms. The van der Waals surface area contributed by atoms with Crippen molar-refractivity contribution >= 4 is 62.1 Å². The van der Waals surface area contributed by atoms with E-state index < -0.39 is 5.97 Å². The van der Waals surface area contributed by atoms with Crippen molar-refractivity contribution in [3.63, 3.8) is 0 Å². The normalized spacial score (nSPS) is 18.7. The molecule has 1 amide bonds. The van der Waals surface area contributed by atoms with Crippen LogP contribution in [0.15, 0.2) is 46.4 Å². The molecule has 1 aliphatic carbocycles. The van der Waals surface area contributed by atoms with E-state index in [9.17, 15) is 14.7 Å². The van der Waals surface area contributed by atoms with E-state index in [0.717, 1.165) is 52.6 Å². The fraction of sp³-hybridized carbons (Fsp3) is 0.182. The van der Waals surface area contributed by atoms with E-state index >= 15 is 0 Å². The zero-order valence-corrected chi connectivity index (χ0v) is 17.5. The standard InChI is InChI=1S/C22H17N3O3S2/c26-19-17(11-12-7-8-15-13(10-12)4-3-9-23-15)30-22(24-19)25-20-18(21(27)28)14-5-1-2-6-16(14)29-20/h3-4,7-11H,1-2,5-6H2,(H,27,28)(H,24,25,26). The molecule has 1 aliphatic heterocycles. The van der Waals surface area contributed by atoms with Gasteiger partial charge >= 0.3 is 5.97 Å². The third kappa shape index (κ3) is 3.53. The van der Waals surface area contributed by atoms with Crippen molar-refractivity contribution in [2.45, 2.75) is 25.7 Å². The molecule has 2 aromatic heterocycles. The summed E-state index contributed by atoms with van der Waals surface area (Å²) in [6.07, 6.45) is 7.30. The van der Waals surface area contributed by atoms with E-state index in [-0.39, 0.29) is 11.5 Å². The van der Waals surface area contributed by atoms with Gasteiger partial charge in [0.1, 0.15) is 5.00 Å². The molecule has 2 N–H and O–H groups in total. The van der Waals surface area contributed by atoms with Crippen LogP contribution in [0.25, 0.3) is 17.0 Å². The van der Waals surface area contributed by atoms with Crippen molar-refractivity contribution < 1.29 is 14.7 Å². The summed E-state index contributed by atoms with van der Waals surface area (Å²) in [7, 11) is 0. The van der Waals surface area contributed by atoms with Crippen molar-refractivity contribution in [3.8, 4) is 0 Å². The average Bonchev–Trinajstić information content (AvgIpc) is 3.27. The highest BCUT2D eigenvalue weighted by atomic mass is 32.2. The predicted molar refractivity (Wildman–Crippen MR) is 120 cm³/mol. The topological polar surface area (TPSA) is 91.7 Å². The van der Waals surface area contributed by atoms with Crippen LogP contribution in [-0.4, -0.2) is 27.1 Å². The van der Waals surface area contributed by atoms with E-state index in [1.165, 1.54) is 23.1 Å². The maximum Gasteiger partial charge on any atom is 0.339 e. The minimum Gasteiger partial charge on any atom is -0.478 e. The van der Waals surface area contributed by atoms with Gasteiger partial charge in [0.2, 0.25) is 0 Å². The molecule has 8 heteroatoms. The lowest BCUT2D eigenvalue weighted by molar-refractivity contribution is -0.115. The van der Waals surface area contributed by atoms with E-state index in [4.69, 9.17) is 0 Å². The number of hydrogen-bond acceptors (Lipinski definition) is 6. The highest BCUT2D eigenvalue weighted by Gasteiger charge is 2.28. The van der Waals surface area contributed by atoms with Crippen LogP contribution in [0.2, 0.25) is 0 Å². The Morgan fingerprint density at radius 1 is 1.23 bits per heavy atom. The zero-order valence-electron chi connectivity index (χ0n) is 15.8. The SMILES string of the molecule is O=C1NC(=Nc2sc3c(c2C(=O)O)CCCC3)SC1=Cc1ccc2ncccc2c1. The number of carbonyl (C=O) groups is 2. The maximum absolute atomic E-state index is 12.4. The first kappa shape index (κ1) is 19.0. The van der Waals surface area contributed by atoms with Crippen LogP contribution < -0.4 is 5.32 Å². The second-order valence-electron chi connectivity index (χ2n) is 7.13. The lowest BCUT2D eigenvalue weighted by Crippen LogP contribution is -2.19. The lowest BCUT2D eigenvalue weighted by Gasteiger charge is -2.10. The van der Waals surface area contributed by atoms with Crippen molar-refractivity contribution in [1.29, 1.82) is 0 Å². The Labute approximate surface area is 180 Å². The first-order valence-corrected chi connectivity index (χ1v) is 11.2. The number of pyridine rings is 1. The summed E-state index contributed by atoms with van der Waals surface area (Å²) >= 11 is 2.65. The van der Waals surface area contributed by atoms with E-state index in [1.807, 2.05) is 36.4 Å². The van der Waals surface area contributed by atoms with Gasteiger partial charge in [-0.1, -0.05) is 12.1 Å². The van der Waals surface area contributed by atoms with Crippen LogP contribution in [0.1, 0.15) is 39.2 Å². The van der Waals surface area contributed by atoms with E-state index in [2.05, 4.69) is 15.3 Å². The minimum atomic E-state index is -0.955. The number of thiophene rings is 1. The fourth-order valence-electron chi connectivity index (χ4n) is 3.76. The number of fused-ring (bicyclic) bond motifs is 2. The molecular formula is C22H17N3O3S2. The molecule has 3 aromatic rings. The highest BCUT2D eigenvalue weighted by molar-refractivity contribution is 8.18. The van der Waals surface area contributed by atoms with Gasteiger partial charge in [-0.05, 0) is 72.8 Å². The third-order valence-corrected chi connectivity index (χ3v) is 7.24. The van der Waals surface area contributed by atoms with Crippen LogP contribution in [0, 0.1) is 0 Å². The number of aryl methyl sites for hydroxylation is 1. The first-order valence-electron chi connectivity index (χ1n) is 9.61. The molecule has 3 heterocycles. The number of amidine groups is 1. The largest absolute Gasteiger partial charge is 0.478 e. The molecule has 0 unspecified atom stereocenters. The van der Waals surface area contributed by atoms with Gasteiger partial charge in [0, 0.05) is 16.5 Å². The summed E-state index contributed by atoms with van der Waals surface area (Å²) in [5, 5.41) is 14.3. The molecule has 150 valence electrons. The van der Waals surface area contributed by atoms with Gasteiger partial charge in [-0.2, -0.15) is 0 Å². The number of hydrogen-bond donors (Lipinski definition) is 2. The van der Waals surface area contributed by atoms with Gasteiger partial charge in [-0.25, -0.2) is 9.79 Å². The Balaban J connectivity index is 1.46. The van der Waals surface area contributed by atoms with Crippen LogP contribution in [0.3, 0.4) is 0 Å². The van der Waals surface area contributed by atoms with Crippen molar-refractivity contribution in [1.82, 2.24) is 10.3 Å². The number of carboxylic acids is 1. The van der Waals surface area contributed by atoms with Gasteiger partial charge < -0.3 is 10.4 Å². The molecule has 6 nitrogen and oxygen atoms in total.